The molecular weight excluding hydrogens is 351 g/mol. The third kappa shape index (κ3) is 4.08. The Morgan fingerprint density at radius 3 is 2.41 bits per heavy atom. The molecule has 27 heavy (non-hydrogen) atoms. The smallest absolute Gasteiger partial charge is 0.260 e. The van der Waals surface area contributed by atoms with Crippen molar-refractivity contribution in [2.45, 2.75) is 44.9 Å². The van der Waals surface area contributed by atoms with E-state index in [4.69, 9.17) is 9.47 Å². The molecule has 7 heteroatoms. The van der Waals surface area contributed by atoms with E-state index in [1.54, 1.807) is 12.0 Å². The molecule has 2 fully saturated rings. The number of hydrogen-bond donors (Lipinski definition) is 0. The van der Waals surface area contributed by atoms with Gasteiger partial charge in [-0.3, -0.25) is 9.59 Å². The fraction of sp³-hybridized carbons (Fsp3) is 0.600. The summed E-state index contributed by atoms with van der Waals surface area (Å²) in [4.78, 5) is 28.3. The second-order valence-corrected chi connectivity index (χ2v) is 7.45. The average Bonchev–Trinajstić information content (AvgIpc) is 2.65. The van der Waals surface area contributed by atoms with Crippen LogP contribution in [0.15, 0.2) is 24.3 Å². The molecule has 1 aromatic rings. The lowest BCUT2D eigenvalue weighted by Crippen LogP contribution is -2.70. The lowest BCUT2D eigenvalue weighted by atomic mass is 9.79. The number of β-lactam (4-membered cyclic amide) rings is 1. The quantitative estimate of drug-likeness (QED) is 0.711. The van der Waals surface area contributed by atoms with Crippen molar-refractivity contribution in [1.82, 2.24) is 9.80 Å². The molecule has 6 nitrogen and oxygen atoms in total. The fourth-order valence-corrected chi connectivity index (χ4v) is 4.07. The highest BCUT2D eigenvalue weighted by Crippen LogP contribution is 2.36. The third-order valence-corrected chi connectivity index (χ3v) is 5.49. The van der Waals surface area contributed by atoms with Gasteiger partial charge in [0.2, 0.25) is 0 Å². The van der Waals surface area contributed by atoms with Gasteiger partial charge in [0.25, 0.3) is 11.8 Å². The van der Waals surface area contributed by atoms with E-state index < -0.39 is 0 Å². The Bertz CT molecular complexity index is 671. The van der Waals surface area contributed by atoms with Crippen LogP contribution in [0.5, 0.6) is 5.75 Å². The van der Waals surface area contributed by atoms with Gasteiger partial charge in [-0.15, -0.1) is 0 Å². The number of ether oxygens (including phenoxy) is 2. The molecule has 2 atom stereocenters. The van der Waals surface area contributed by atoms with Crippen LogP contribution in [0.4, 0.5) is 4.39 Å². The van der Waals surface area contributed by atoms with Crippen LogP contribution >= 0.6 is 0 Å². The third-order valence-electron chi connectivity index (χ3n) is 5.49. The minimum atomic E-state index is -0.360. The molecule has 2 saturated heterocycles. The topological polar surface area (TPSA) is 59.1 Å². The van der Waals surface area contributed by atoms with E-state index in [2.05, 4.69) is 0 Å². The largest absolute Gasteiger partial charge is 0.484 e. The molecule has 2 amide bonds. The lowest BCUT2D eigenvalue weighted by Gasteiger charge is -2.53. The molecule has 0 N–H and O–H groups in total. The van der Waals surface area contributed by atoms with Gasteiger partial charge in [0, 0.05) is 26.2 Å². The maximum absolute atomic E-state index is 12.9. The van der Waals surface area contributed by atoms with E-state index in [1.165, 1.54) is 24.3 Å². The van der Waals surface area contributed by atoms with Gasteiger partial charge < -0.3 is 19.3 Å². The van der Waals surface area contributed by atoms with Crippen LogP contribution in [0.1, 0.15) is 26.7 Å². The zero-order chi connectivity index (χ0) is 19.6. The number of carbonyl (C=O) groups excluding carboxylic acids is 2. The van der Waals surface area contributed by atoms with Crippen molar-refractivity contribution < 1.29 is 23.5 Å². The van der Waals surface area contributed by atoms with E-state index in [-0.39, 0.29) is 42.4 Å². The Balaban J connectivity index is 1.50. The van der Waals surface area contributed by atoms with Gasteiger partial charge in [-0.2, -0.15) is 0 Å². The summed E-state index contributed by atoms with van der Waals surface area (Å²) in [5, 5.41) is 0. The van der Waals surface area contributed by atoms with Gasteiger partial charge in [-0.05, 0) is 56.9 Å². The Morgan fingerprint density at radius 1 is 1.22 bits per heavy atom. The van der Waals surface area contributed by atoms with Crippen LogP contribution in [0, 0.1) is 11.7 Å². The molecule has 0 radical (unpaired) electrons. The normalized spacial score (nSPS) is 23.5. The van der Waals surface area contributed by atoms with E-state index in [9.17, 15) is 14.0 Å². The number of rotatable bonds is 6. The summed E-state index contributed by atoms with van der Waals surface area (Å²) in [6, 6.07) is 5.87. The van der Waals surface area contributed by atoms with Crippen molar-refractivity contribution in [3.05, 3.63) is 30.1 Å². The summed E-state index contributed by atoms with van der Waals surface area (Å²) >= 11 is 0. The van der Waals surface area contributed by atoms with Crippen molar-refractivity contribution in [2.24, 2.45) is 5.92 Å². The standard InChI is InChI=1S/C20H27FN2O4/c1-13(2)23-18(19(26-3)20(23)25)14-8-10-22(11-9-14)17(24)12-27-16-6-4-15(21)5-7-16/h4-7,13-14,18-19H,8-12H2,1-3H3. The number of hydrogen-bond acceptors (Lipinski definition) is 4. The number of carbonyl (C=O) groups is 2. The SMILES string of the molecule is COC1C(=O)N(C(C)C)C1C1CCN(C(=O)COc2ccc(F)cc2)CC1. The van der Waals surface area contributed by atoms with Crippen LogP contribution in [0.3, 0.4) is 0 Å². The number of halogens is 1. The number of piperidine rings is 1. The first-order valence-corrected chi connectivity index (χ1v) is 9.43. The molecule has 148 valence electrons. The van der Waals surface area contributed by atoms with Gasteiger partial charge >= 0.3 is 0 Å². The summed E-state index contributed by atoms with van der Waals surface area (Å²) in [6.07, 6.45) is 1.31. The second kappa shape index (κ2) is 8.25. The van der Waals surface area contributed by atoms with Gasteiger partial charge in [-0.25, -0.2) is 4.39 Å². The van der Waals surface area contributed by atoms with Crippen molar-refractivity contribution in [3.8, 4) is 5.75 Å². The summed E-state index contributed by atoms with van der Waals surface area (Å²) in [5.41, 5.74) is 0. The molecular formula is C20H27FN2O4. The highest BCUT2D eigenvalue weighted by Gasteiger charge is 2.52. The zero-order valence-electron chi connectivity index (χ0n) is 16.1. The lowest BCUT2D eigenvalue weighted by molar-refractivity contribution is -0.182. The van der Waals surface area contributed by atoms with Crippen LogP contribution in [0.25, 0.3) is 0 Å². The first-order valence-electron chi connectivity index (χ1n) is 9.43. The van der Waals surface area contributed by atoms with Gasteiger partial charge in [-0.1, -0.05) is 0 Å². The molecule has 0 saturated carbocycles. The molecule has 2 heterocycles. The van der Waals surface area contributed by atoms with Crippen molar-refractivity contribution in [2.75, 3.05) is 26.8 Å². The maximum atomic E-state index is 12.9. The molecule has 0 aliphatic carbocycles. The predicted molar refractivity (Wildman–Crippen MR) is 97.8 cm³/mol. The van der Waals surface area contributed by atoms with E-state index in [1.807, 2.05) is 18.7 Å². The molecule has 0 bridgehead atoms. The maximum Gasteiger partial charge on any atom is 0.260 e. The van der Waals surface area contributed by atoms with Crippen LogP contribution in [-0.4, -0.2) is 66.6 Å². The second-order valence-electron chi connectivity index (χ2n) is 7.45. The summed E-state index contributed by atoms with van der Waals surface area (Å²) in [6.45, 7) is 5.26. The number of amides is 2. The summed E-state index contributed by atoms with van der Waals surface area (Å²) < 4.78 is 23.7. The monoisotopic (exact) mass is 378 g/mol. The highest BCUT2D eigenvalue weighted by molar-refractivity contribution is 5.88. The highest BCUT2D eigenvalue weighted by atomic mass is 19.1. The molecule has 3 rings (SSSR count). The number of likely N-dealkylation sites (tertiary alicyclic amines) is 2. The molecule has 0 aromatic heterocycles. The summed E-state index contributed by atoms with van der Waals surface area (Å²) in [5.74, 6) is 0.449. The van der Waals surface area contributed by atoms with E-state index >= 15 is 0 Å². The Labute approximate surface area is 159 Å². The van der Waals surface area contributed by atoms with Crippen LogP contribution < -0.4 is 4.74 Å². The van der Waals surface area contributed by atoms with Crippen LogP contribution in [-0.2, 0) is 14.3 Å². The van der Waals surface area contributed by atoms with Gasteiger partial charge in [0.1, 0.15) is 11.6 Å². The first kappa shape index (κ1) is 19.6. The van der Waals surface area contributed by atoms with Crippen molar-refractivity contribution in [1.29, 1.82) is 0 Å². The molecule has 1 aromatic carbocycles. The van der Waals surface area contributed by atoms with Gasteiger partial charge in [0.15, 0.2) is 12.7 Å². The number of methoxy groups -OCH3 is 1. The number of nitrogens with zero attached hydrogens (tertiary/aromatic N) is 2. The molecule has 2 aliphatic rings. The molecule has 2 unspecified atom stereocenters. The molecule has 2 aliphatic heterocycles. The average molecular weight is 378 g/mol. The Morgan fingerprint density at radius 2 is 1.85 bits per heavy atom. The first-order chi connectivity index (χ1) is 12.9. The zero-order valence-corrected chi connectivity index (χ0v) is 16.1. The molecule has 0 spiro atoms. The van der Waals surface area contributed by atoms with Crippen molar-refractivity contribution >= 4 is 11.8 Å². The predicted octanol–water partition coefficient (Wildman–Crippen LogP) is 2.08. The minimum Gasteiger partial charge on any atom is -0.484 e. The Kier molecular flexibility index (Phi) is 5.99. The Hall–Kier alpha value is -2.15. The van der Waals surface area contributed by atoms with E-state index in [0.717, 1.165) is 12.8 Å². The van der Waals surface area contributed by atoms with Crippen LogP contribution in [0.2, 0.25) is 0 Å². The summed E-state index contributed by atoms with van der Waals surface area (Å²) in [7, 11) is 1.58. The van der Waals surface area contributed by atoms with Crippen molar-refractivity contribution in [3.63, 3.8) is 0 Å². The fourth-order valence-electron chi connectivity index (χ4n) is 4.07. The minimum absolute atomic E-state index is 0.0585. The van der Waals surface area contributed by atoms with Gasteiger partial charge in [0.05, 0.1) is 6.04 Å². The van der Waals surface area contributed by atoms with E-state index in [0.29, 0.717) is 24.8 Å². The number of benzene rings is 1.